The minimum absolute atomic E-state index is 0.0544. The van der Waals surface area contributed by atoms with Crippen LogP contribution in [0.5, 0.6) is 0 Å². The molecule has 19 heavy (non-hydrogen) atoms. The average Bonchev–Trinajstić information content (AvgIpc) is 2.89. The zero-order valence-electron chi connectivity index (χ0n) is 11.8. The van der Waals surface area contributed by atoms with E-state index in [0.717, 1.165) is 25.9 Å². The van der Waals surface area contributed by atoms with Crippen LogP contribution in [0, 0.1) is 5.92 Å². The summed E-state index contributed by atoms with van der Waals surface area (Å²) in [5.41, 5.74) is 0. The highest BCUT2D eigenvalue weighted by molar-refractivity contribution is 5.87. The summed E-state index contributed by atoms with van der Waals surface area (Å²) in [5.74, 6) is 0.366. The Morgan fingerprint density at radius 2 is 2.26 bits per heavy atom. The topological polar surface area (TPSA) is 79.5 Å². The van der Waals surface area contributed by atoms with Gasteiger partial charge in [-0.05, 0) is 38.8 Å². The van der Waals surface area contributed by atoms with E-state index in [2.05, 4.69) is 16.0 Å². The van der Waals surface area contributed by atoms with E-state index in [1.54, 1.807) is 14.0 Å². The summed E-state index contributed by atoms with van der Waals surface area (Å²) in [5, 5.41) is 8.69. The first-order valence-corrected chi connectivity index (χ1v) is 6.90. The van der Waals surface area contributed by atoms with Crippen LogP contribution in [0.1, 0.15) is 26.2 Å². The first-order chi connectivity index (χ1) is 9.13. The number of rotatable bonds is 8. The van der Waals surface area contributed by atoms with Crippen molar-refractivity contribution in [3.63, 3.8) is 0 Å². The van der Waals surface area contributed by atoms with Crippen molar-refractivity contribution >= 4 is 11.8 Å². The van der Waals surface area contributed by atoms with Crippen molar-refractivity contribution in [2.24, 2.45) is 5.92 Å². The second-order valence-corrected chi connectivity index (χ2v) is 4.97. The summed E-state index contributed by atoms with van der Waals surface area (Å²) in [7, 11) is 1.58. The maximum Gasteiger partial charge on any atom is 0.242 e. The molecule has 3 N–H and O–H groups in total. The van der Waals surface area contributed by atoms with Crippen LogP contribution in [0.2, 0.25) is 0 Å². The van der Waals surface area contributed by atoms with Gasteiger partial charge in [0.2, 0.25) is 11.8 Å². The van der Waals surface area contributed by atoms with E-state index in [1.165, 1.54) is 0 Å². The Balaban J connectivity index is 2.13. The maximum absolute atomic E-state index is 11.7. The molecular formula is C13H25N3O3. The van der Waals surface area contributed by atoms with Gasteiger partial charge in [-0.1, -0.05) is 0 Å². The largest absolute Gasteiger partial charge is 0.383 e. The second kappa shape index (κ2) is 8.87. The summed E-state index contributed by atoms with van der Waals surface area (Å²) >= 11 is 0. The molecule has 0 aromatic heterocycles. The molecule has 6 heteroatoms. The van der Waals surface area contributed by atoms with Gasteiger partial charge in [0.1, 0.15) is 6.04 Å². The van der Waals surface area contributed by atoms with Crippen molar-refractivity contribution in [2.75, 3.05) is 33.4 Å². The molecule has 1 saturated heterocycles. The number of carbonyl (C=O) groups is 2. The third-order valence-electron chi connectivity index (χ3n) is 3.32. The van der Waals surface area contributed by atoms with Gasteiger partial charge >= 0.3 is 0 Å². The zero-order valence-corrected chi connectivity index (χ0v) is 11.8. The number of carbonyl (C=O) groups excluding carboxylic acids is 2. The van der Waals surface area contributed by atoms with Crippen LogP contribution < -0.4 is 16.0 Å². The lowest BCUT2D eigenvalue weighted by Crippen LogP contribution is -2.45. The molecular weight excluding hydrogens is 246 g/mol. The third-order valence-corrected chi connectivity index (χ3v) is 3.32. The predicted molar refractivity (Wildman–Crippen MR) is 72.7 cm³/mol. The van der Waals surface area contributed by atoms with Gasteiger partial charge in [-0.15, -0.1) is 0 Å². The Morgan fingerprint density at radius 3 is 2.89 bits per heavy atom. The monoisotopic (exact) mass is 271 g/mol. The lowest BCUT2D eigenvalue weighted by Gasteiger charge is -2.14. The molecule has 2 unspecified atom stereocenters. The first kappa shape index (κ1) is 15.9. The molecule has 1 aliphatic rings. The highest BCUT2D eigenvalue weighted by atomic mass is 16.5. The highest BCUT2D eigenvalue weighted by Crippen LogP contribution is 2.13. The number of ether oxygens (including phenoxy) is 1. The third kappa shape index (κ3) is 6.54. The molecule has 0 aromatic rings. The Labute approximate surface area is 114 Å². The predicted octanol–water partition coefficient (Wildman–Crippen LogP) is -0.357. The van der Waals surface area contributed by atoms with E-state index in [0.29, 0.717) is 25.5 Å². The van der Waals surface area contributed by atoms with Crippen LogP contribution in [0.4, 0.5) is 0 Å². The number of nitrogens with one attached hydrogen (secondary N) is 3. The molecule has 0 saturated carbocycles. The Hall–Kier alpha value is -1.14. The van der Waals surface area contributed by atoms with E-state index < -0.39 is 6.04 Å². The van der Waals surface area contributed by atoms with Crippen molar-refractivity contribution in [3.05, 3.63) is 0 Å². The van der Waals surface area contributed by atoms with Crippen LogP contribution in [-0.4, -0.2) is 51.2 Å². The molecule has 2 atom stereocenters. The lowest BCUT2D eigenvalue weighted by molar-refractivity contribution is -0.128. The molecule has 1 heterocycles. The summed E-state index contributed by atoms with van der Waals surface area (Å²) in [6, 6.07) is -0.494. The molecule has 2 amide bonds. The molecule has 0 aromatic carbocycles. The quantitative estimate of drug-likeness (QED) is 0.527. The second-order valence-electron chi connectivity index (χ2n) is 4.97. The Bertz CT molecular complexity index is 291. The van der Waals surface area contributed by atoms with Crippen molar-refractivity contribution < 1.29 is 14.3 Å². The van der Waals surface area contributed by atoms with Crippen molar-refractivity contribution in [1.29, 1.82) is 0 Å². The van der Waals surface area contributed by atoms with Crippen LogP contribution in [-0.2, 0) is 14.3 Å². The van der Waals surface area contributed by atoms with Crippen molar-refractivity contribution in [3.8, 4) is 0 Å². The summed E-state index contributed by atoms with van der Waals surface area (Å²) in [6.45, 7) is 4.67. The molecule has 1 rings (SSSR count). The first-order valence-electron chi connectivity index (χ1n) is 6.90. The van der Waals surface area contributed by atoms with Gasteiger partial charge in [-0.2, -0.15) is 0 Å². The van der Waals surface area contributed by atoms with E-state index in [4.69, 9.17) is 4.74 Å². The fourth-order valence-corrected chi connectivity index (χ4v) is 2.10. The fraction of sp³-hybridized carbons (Fsp3) is 0.846. The van der Waals surface area contributed by atoms with Crippen molar-refractivity contribution in [2.45, 2.75) is 32.2 Å². The van der Waals surface area contributed by atoms with Gasteiger partial charge in [0.05, 0.1) is 6.61 Å². The molecule has 1 aliphatic heterocycles. The molecule has 0 radical (unpaired) electrons. The van der Waals surface area contributed by atoms with E-state index >= 15 is 0 Å². The fourth-order valence-electron chi connectivity index (χ4n) is 2.10. The normalized spacial score (nSPS) is 20.0. The molecule has 0 aliphatic carbocycles. The van der Waals surface area contributed by atoms with Gasteiger partial charge in [-0.3, -0.25) is 9.59 Å². The zero-order chi connectivity index (χ0) is 14.1. The SMILES string of the molecule is COCCNC(=O)C(C)NC(=O)CCC1CCNC1. The number of hydrogen-bond donors (Lipinski definition) is 3. The van der Waals surface area contributed by atoms with Gasteiger partial charge in [-0.25, -0.2) is 0 Å². The molecule has 0 bridgehead atoms. The maximum atomic E-state index is 11.7. The molecule has 0 spiro atoms. The molecule has 6 nitrogen and oxygen atoms in total. The minimum atomic E-state index is -0.494. The van der Waals surface area contributed by atoms with Gasteiger partial charge in [0.15, 0.2) is 0 Å². The van der Waals surface area contributed by atoms with Gasteiger partial charge < -0.3 is 20.7 Å². The standard InChI is InChI=1S/C13H25N3O3/c1-10(13(18)15-7-8-19-2)16-12(17)4-3-11-5-6-14-9-11/h10-11,14H,3-9H2,1-2H3,(H,15,18)(H,16,17). The lowest BCUT2D eigenvalue weighted by atomic mass is 10.0. The number of methoxy groups -OCH3 is 1. The summed E-state index contributed by atoms with van der Waals surface area (Å²) < 4.78 is 4.84. The molecule has 1 fully saturated rings. The van der Waals surface area contributed by atoms with Gasteiger partial charge in [0, 0.05) is 20.1 Å². The number of hydrogen-bond acceptors (Lipinski definition) is 4. The Morgan fingerprint density at radius 1 is 1.47 bits per heavy atom. The molecule has 110 valence electrons. The highest BCUT2D eigenvalue weighted by Gasteiger charge is 2.18. The van der Waals surface area contributed by atoms with Crippen LogP contribution in [0.25, 0.3) is 0 Å². The van der Waals surface area contributed by atoms with Crippen LogP contribution >= 0.6 is 0 Å². The van der Waals surface area contributed by atoms with Crippen LogP contribution in [0.3, 0.4) is 0 Å². The van der Waals surface area contributed by atoms with E-state index in [9.17, 15) is 9.59 Å². The number of amides is 2. The van der Waals surface area contributed by atoms with Crippen molar-refractivity contribution in [1.82, 2.24) is 16.0 Å². The average molecular weight is 271 g/mol. The summed E-state index contributed by atoms with van der Waals surface area (Å²) in [6.07, 6.45) is 2.51. The smallest absolute Gasteiger partial charge is 0.242 e. The van der Waals surface area contributed by atoms with Crippen LogP contribution in [0.15, 0.2) is 0 Å². The Kier molecular flexibility index (Phi) is 7.43. The van der Waals surface area contributed by atoms with E-state index in [-0.39, 0.29) is 11.8 Å². The summed E-state index contributed by atoms with van der Waals surface area (Å²) in [4.78, 5) is 23.3. The van der Waals surface area contributed by atoms with Gasteiger partial charge in [0.25, 0.3) is 0 Å². The minimum Gasteiger partial charge on any atom is -0.383 e. The van der Waals surface area contributed by atoms with E-state index in [1.807, 2.05) is 0 Å².